The fraction of sp³-hybridized carbons (Fsp3) is 0.250. The van der Waals surface area contributed by atoms with Crippen molar-refractivity contribution in [2.24, 2.45) is 7.05 Å². The molecule has 28 heavy (non-hydrogen) atoms. The molecular weight excluding hydrogens is 356 g/mol. The molecule has 1 aliphatic rings. The summed E-state index contributed by atoms with van der Waals surface area (Å²) in [6, 6.07) is 12.3. The van der Waals surface area contributed by atoms with Crippen LogP contribution in [0.2, 0.25) is 0 Å². The van der Waals surface area contributed by atoms with Gasteiger partial charge in [0, 0.05) is 62.8 Å². The van der Waals surface area contributed by atoms with Gasteiger partial charge in [0.25, 0.3) is 11.5 Å². The number of anilines is 1. The number of carbonyl (C=O) groups is 1. The topological polar surface area (TPSA) is 84.2 Å². The molecular formula is C20H20N6O2. The first-order valence-electron chi connectivity index (χ1n) is 9.08. The Bertz CT molecular complexity index is 1040. The zero-order valence-corrected chi connectivity index (χ0v) is 15.5. The molecule has 0 aliphatic carbocycles. The van der Waals surface area contributed by atoms with Crippen LogP contribution in [-0.4, -0.2) is 56.7 Å². The molecule has 0 unspecified atom stereocenters. The highest BCUT2D eigenvalue weighted by Crippen LogP contribution is 2.19. The first-order valence-corrected chi connectivity index (χ1v) is 9.08. The van der Waals surface area contributed by atoms with E-state index in [4.69, 9.17) is 0 Å². The summed E-state index contributed by atoms with van der Waals surface area (Å²) in [6.07, 6.45) is 3.44. The van der Waals surface area contributed by atoms with Gasteiger partial charge in [0.2, 0.25) is 5.95 Å². The smallest absolute Gasteiger partial charge is 0.266 e. The fourth-order valence-corrected chi connectivity index (χ4v) is 3.21. The Morgan fingerprint density at radius 3 is 2.43 bits per heavy atom. The van der Waals surface area contributed by atoms with E-state index in [0.717, 1.165) is 5.56 Å². The number of carbonyl (C=O) groups excluding carboxylic acids is 1. The monoisotopic (exact) mass is 376 g/mol. The van der Waals surface area contributed by atoms with Crippen molar-refractivity contribution in [3.63, 3.8) is 0 Å². The highest BCUT2D eigenvalue weighted by atomic mass is 16.2. The van der Waals surface area contributed by atoms with Crippen LogP contribution in [0.3, 0.4) is 0 Å². The molecule has 2 aromatic heterocycles. The molecule has 142 valence electrons. The van der Waals surface area contributed by atoms with Gasteiger partial charge in [0.1, 0.15) is 0 Å². The van der Waals surface area contributed by atoms with Gasteiger partial charge in [-0.2, -0.15) is 5.10 Å². The van der Waals surface area contributed by atoms with Gasteiger partial charge in [-0.25, -0.2) is 14.6 Å². The summed E-state index contributed by atoms with van der Waals surface area (Å²) in [6.45, 7) is 2.61. The lowest BCUT2D eigenvalue weighted by atomic mass is 10.1. The minimum atomic E-state index is -0.170. The summed E-state index contributed by atoms with van der Waals surface area (Å²) >= 11 is 0. The molecule has 0 N–H and O–H groups in total. The number of amides is 1. The van der Waals surface area contributed by atoms with Gasteiger partial charge >= 0.3 is 0 Å². The van der Waals surface area contributed by atoms with Crippen LogP contribution in [-0.2, 0) is 7.05 Å². The number of benzene rings is 1. The molecule has 3 heterocycles. The first-order chi connectivity index (χ1) is 13.6. The number of piperazine rings is 1. The first kappa shape index (κ1) is 17.8. The second-order valence-corrected chi connectivity index (χ2v) is 6.59. The number of rotatable bonds is 3. The Hall–Kier alpha value is -3.55. The van der Waals surface area contributed by atoms with Gasteiger partial charge in [0.15, 0.2) is 0 Å². The van der Waals surface area contributed by atoms with E-state index < -0.39 is 0 Å². The number of hydrogen-bond acceptors (Lipinski definition) is 6. The average molecular weight is 376 g/mol. The van der Waals surface area contributed by atoms with E-state index in [1.165, 1.54) is 10.7 Å². The maximum absolute atomic E-state index is 12.9. The molecule has 1 aliphatic heterocycles. The quantitative estimate of drug-likeness (QED) is 0.683. The molecule has 0 bridgehead atoms. The molecule has 4 rings (SSSR count). The van der Waals surface area contributed by atoms with Crippen LogP contribution in [0.4, 0.5) is 5.95 Å². The maximum Gasteiger partial charge on any atom is 0.266 e. The van der Waals surface area contributed by atoms with Crippen LogP contribution < -0.4 is 10.5 Å². The second-order valence-electron chi connectivity index (χ2n) is 6.59. The Morgan fingerprint density at radius 2 is 1.71 bits per heavy atom. The average Bonchev–Trinajstić information content (AvgIpc) is 2.76. The molecule has 0 spiro atoms. The van der Waals surface area contributed by atoms with Crippen molar-refractivity contribution >= 4 is 11.9 Å². The van der Waals surface area contributed by atoms with Crippen molar-refractivity contribution in [2.75, 3.05) is 31.1 Å². The summed E-state index contributed by atoms with van der Waals surface area (Å²) in [5.74, 6) is 0.678. The van der Waals surface area contributed by atoms with Crippen LogP contribution in [0.15, 0.2) is 59.7 Å². The van der Waals surface area contributed by atoms with Gasteiger partial charge in [-0.05, 0) is 24.3 Å². The van der Waals surface area contributed by atoms with Crippen molar-refractivity contribution in [1.82, 2.24) is 24.6 Å². The molecule has 3 aromatic rings. The fourth-order valence-electron chi connectivity index (χ4n) is 3.21. The Morgan fingerprint density at radius 1 is 0.964 bits per heavy atom. The van der Waals surface area contributed by atoms with E-state index in [2.05, 4.69) is 20.0 Å². The SMILES string of the molecule is Cn1nc(-c2cccc(C(=O)N3CCN(c4ncccn4)CC3)c2)ccc1=O. The highest BCUT2D eigenvalue weighted by Gasteiger charge is 2.23. The van der Waals surface area contributed by atoms with E-state index >= 15 is 0 Å². The molecule has 0 atom stereocenters. The molecule has 0 saturated carbocycles. The summed E-state index contributed by atoms with van der Waals surface area (Å²) in [5, 5.41) is 4.26. The molecule has 8 nitrogen and oxygen atoms in total. The lowest BCUT2D eigenvalue weighted by Crippen LogP contribution is -2.49. The summed E-state index contributed by atoms with van der Waals surface area (Å²) < 4.78 is 1.29. The number of aromatic nitrogens is 4. The summed E-state index contributed by atoms with van der Waals surface area (Å²) in [5.41, 5.74) is 1.90. The normalized spacial score (nSPS) is 14.2. The second kappa shape index (κ2) is 7.59. The van der Waals surface area contributed by atoms with Crippen LogP contribution >= 0.6 is 0 Å². The largest absolute Gasteiger partial charge is 0.337 e. The molecule has 1 amide bonds. The Balaban J connectivity index is 1.48. The van der Waals surface area contributed by atoms with Crippen LogP contribution in [0.5, 0.6) is 0 Å². The third-order valence-corrected chi connectivity index (χ3v) is 4.77. The zero-order chi connectivity index (χ0) is 19.5. The number of hydrogen-bond donors (Lipinski definition) is 0. The molecule has 8 heteroatoms. The summed E-state index contributed by atoms with van der Waals surface area (Å²) in [7, 11) is 1.61. The third-order valence-electron chi connectivity index (χ3n) is 4.77. The minimum absolute atomic E-state index is 0.0136. The van der Waals surface area contributed by atoms with E-state index in [1.54, 1.807) is 37.6 Å². The van der Waals surface area contributed by atoms with Gasteiger partial charge in [-0.15, -0.1) is 0 Å². The lowest BCUT2D eigenvalue weighted by molar-refractivity contribution is 0.0746. The predicted octanol–water partition coefficient (Wildman–Crippen LogP) is 1.20. The minimum Gasteiger partial charge on any atom is -0.337 e. The number of nitrogens with zero attached hydrogens (tertiary/aromatic N) is 6. The molecule has 1 saturated heterocycles. The van der Waals surface area contributed by atoms with Gasteiger partial charge in [0.05, 0.1) is 5.69 Å². The van der Waals surface area contributed by atoms with Crippen LogP contribution in [0.25, 0.3) is 11.3 Å². The molecule has 0 radical (unpaired) electrons. The van der Waals surface area contributed by atoms with Crippen molar-refractivity contribution in [3.8, 4) is 11.3 Å². The van der Waals surface area contributed by atoms with Gasteiger partial charge in [-0.3, -0.25) is 9.59 Å². The molecule has 1 aromatic carbocycles. The van der Waals surface area contributed by atoms with Crippen molar-refractivity contribution < 1.29 is 4.79 Å². The predicted molar refractivity (Wildman–Crippen MR) is 105 cm³/mol. The molecule has 1 fully saturated rings. The Labute approximate surface area is 162 Å². The van der Waals surface area contributed by atoms with Gasteiger partial charge < -0.3 is 9.80 Å². The highest BCUT2D eigenvalue weighted by molar-refractivity contribution is 5.95. The third kappa shape index (κ3) is 3.62. The standard InChI is InChI=1S/C20H20N6O2/c1-24-18(27)7-6-17(23-24)15-4-2-5-16(14-15)19(28)25-10-12-26(13-11-25)20-21-8-3-9-22-20/h2-9,14H,10-13H2,1H3. The van der Waals surface area contributed by atoms with E-state index in [1.807, 2.05) is 23.1 Å². The maximum atomic E-state index is 12.9. The Kier molecular flexibility index (Phi) is 4.84. The zero-order valence-electron chi connectivity index (χ0n) is 15.5. The van der Waals surface area contributed by atoms with Crippen molar-refractivity contribution in [3.05, 3.63) is 70.8 Å². The van der Waals surface area contributed by atoms with Crippen LogP contribution in [0, 0.1) is 0 Å². The van der Waals surface area contributed by atoms with Crippen molar-refractivity contribution in [1.29, 1.82) is 0 Å². The van der Waals surface area contributed by atoms with E-state index in [0.29, 0.717) is 43.4 Å². The summed E-state index contributed by atoms with van der Waals surface area (Å²) in [4.78, 5) is 36.9. The van der Waals surface area contributed by atoms with E-state index in [9.17, 15) is 9.59 Å². The van der Waals surface area contributed by atoms with E-state index in [-0.39, 0.29) is 11.5 Å². The lowest BCUT2D eigenvalue weighted by Gasteiger charge is -2.34. The number of aryl methyl sites for hydroxylation is 1. The van der Waals surface area contributed by atoms with Gasteiger partial charge in [-0.1, -0.05) is 12.1 Å². The van der Waals surface area contributed by atoms with Crippen LogP contribution in [0.1, 0.15) is 10.4 Å². The van der Waals surface area contributed by atoms with Crippen molar-refractivity contribution in [2.45, 2.75) is 0 Å².